The number of benzene rings is 1. The van der Waals surface area contributed by atoms with Crippen molar-refractivity contribution in [1.29, 1.82) is 0 Å². The van der Waals surface area contributed by atoms with E-state index >= 15 is 0 Å². The van der Waals surface area contributed by atoms with E-state index in [-0.39, 0.29) is 24.5 Å². The lowest BCUT2D eigenvalue weighted by molar-refractivity contribution is -0.117. The van der Waals surface area contributed by atoms with Crippen molar-refractivity contribution < 1.29 is 4.79 Å². The summed E-state index contributed by atoms with van der Waals surface area (Å²) in [6.45, 7) is 3.80. The molecule has 6 heteroatoms. The molecule has 1 unspecified atom stereocenters. The van der Waals surface area contributed by atoms with Gasteiger partial charge in [0.1, 0.15) is 6.17 Å². The standard InChI is InChI=1S/C24H35N3OS.ClH/c1-18-13-15-22(16-14-18)26(19(2)28)23-17-29-24(25-20-9-5-3-6-10-20)27(23)21-11-7-4-8-12-21;/h13-16,20-21,23H,3-12,17H2,1-2H3;1H. The van der Waals surface area contributed by atoms with E-state index in [0.29, 0.717) is 12.1 Å². The second-order valence-corrected chi connectivity index (χ2v) is 9.91. The molecule has 1 aromatic rings. The van der Waals surface area contributed by atoms with Crippen LogP contribution in [-0.4, -0.2) is 40.0 Å². The first-order chi connectivity index (χ1) is 14.1. The van der Waals surface area contributed by atoms with Gasteiger partial charge in [-0.2, -0.15) is 0 Å². The van der Waals surface area contributed by atoms with Gasteiger partial charge in [0.05, 0.1) is 6.04 Å². The molecule has 1 aromatic carbocycles. The van der Waals surface area contributed by atoms with E-state index in [4.69, 9.17) is 4.99 Å². The van der Waals surface area contributed by atoms with Gasteiger partial charge in [0.25, 0.3) is 0 Å². The second kappa shape index (κ2) is 10.9. The number of hydrogen-bond donors (Lipinski definition) is 0. The molecule has 1 heterocycles. The van der Waals surface area contributed by atoms with Gasteiger partial charge in [0, 0.05) is 24.4 Å². The summed E-state index contributed by atoms with van der Waals surface area (Å²) in [5.74, 6) is 1.04. The predicted octanol–water partition coefficient (Wildman–Crippen LogP) is 6.17. The van der Waals surface area contributed by atoms with Crippen LogP contribution in [0.15, 0.2) is 29.3 Å². The van der Waals surface area contributed by atoms with E-state index in [1.807, 2.05) is 16.7 Å². The van der Waals surface area contributed by atoms with E-state index in [0.717, 1.165) is 11.4 Å². The number of carbonyl (C=O) groups is 1. The first-order valence-electron chi connectivity index (χ1n) is 11.5. The molecule has 0 bridgehead atoms. The molecule has 0 spiro atoms. The van der Waals surface area contributed by atoms with Gasteiger partial charge in [-0.25, -0.2) is 0 Å². The van der Waals surface area contributed by atoms with Crippen LogP contribution in [0, 0.1) is 6.92 Å². The highest BCUT2D eigenvalue weighted by atomic mass is 35.5. The van der Waals surface area contributed by atoms with Crippen LogP contribution < -0.4 is 4.90 Å². The number of halogens is 1. The lowest BCUT2D eigenvalue weighted by Gasteiger charge is -2.41. The Hall–Kier alpha value is -1.20. The Kier molecular flexibility index (Phi) is 8.52. The zero-order chi connectivity index (χ0) is 20.2. The average Bonchev–Trinajstić information content (AvgIpc) is 3.13. The lowest BCUT2D eigenvalue weighted by atomic mass is 9.94. The smallest absolute Gasteiger partial charge is 0.225 e. The topological polar surface area (TPSA) is 35.9 Å². The highest BCUT2D eigenvalue weighted by Gasteiger charge is 2.41. The van der Waals surface area contributed by atoms with Crippen LogP contribution in [0.3, 0.4) is 0 Å². The van der Waals surface area contributed by atoms with Gasteiger partial charge in [-0.05, 0) is 44.7 Å². The molecule has 3 fully saturated rings. The lowest BCUT2D eigenvalue weighted by Crippen LogP contribution is -2.54. The summed E-state index contributed by atoms with van der Waals surface area (Å²) in [6.07, 6.45) is 12.9. The molecule has 2 saturated carbocycles. The van der Waals surface area contributed by atoms with Crippen molar-refractivity contribution in [2.45, 2.75) is 96.3 Å². The fraction of sp³-hybridized carbons (Fsp3) is 0.667. The molecule has 166 valence electrons. The van der Waals surface area contributed by atoms with Crippen molar-refractivity contribution in [2.75, 3.05) is 10.7 Å². The average molecular weight is 450 g/mol. The van der Waals surface area contributed by atoms with Crippen molar-refractivity contribution in [3.05, 3.63) is 29.8 Å². The molecule has 1 amide bonds. The largest absolute Gasteiger partial charge is 0.327 e. The second-order valence-electron chi connectivity index (χ2n) is 8.92. The Bertz CT molecular complexity index is 726. The monoisotopic (exact) mass is 449 g/mol. The number of anilines is 1. The van der Waals surface area contributed by atoms with Crippen molar-refractivity contribution in [3.8, 4) is 0 Å². The van der Waals surface area contributed by atoms with Crippen molar-refractivity contribution in [2.24, 2.45) is 4.99 Å². The van der Waals surface area contributed by atoms with Gasteiger partial charge in [0.15, 0.2) is 5.17 Å². The van der Waals surface area contributed by atoms with Crippen molar-refractivity contribution in [1.82, 2.24) is 4.90 Å². The zero-order valence-corrected chi connectivity index (χ0v) is 20.0. The summed E-state index contributed by atoms with van der Waals surface area (Å²) >= 11 is 1.87. The van der Waals surface area contributed by atoms with Crippen LogP contribution in [0.4, 0.5) is 5.69 Å². The molecule has 0 radical (unpaired) electrons. The molecule has 3 aliphatic rings. The van der Waals surface area contributed by atoms with Gasteiger partial charge in [-0.15, -0.1) is 12.4 Å². The highest BCUT2D eigenvalue weighted by Crippen LogP contribution is 2.37. The number of amidine groups is 1. The molecule has 1 atom stereocenters. The van der Waals surface area contributed by atoms with Gasteiger partial charge >= 0.3 is 0 Å². The van der Waals surface area contributed by atoms with E-state index in [1.165, 1.54) is 74.9 Å². The fourth-order valence-corrected chi connectivity index (χ4v) is 6.38. The van der Waals surface area contributed by atoms with Crippen molar-refractivity contribution >= 4 is 40.9 Å². The normalized spacial score (nSPS) is 24.7. The van der Waals surface area contributed by atoms with Gasteiger partial charge in [-0.3, -0.25) is 14.7 Å². The molecule has 1 aliphatic heterocycles. The first kappa shape index (κ1) is 23.5. The van der Waals surface area contributed by atoms with Gasteiger partial charge in [-0.1, -0.05) is 68.0 Å². The summed E-state index contributed by atoms with van der Waals surface area (Å²) < 4.78 is 0. The molecule has 1 saturated heterocycles. The highest BCUT2D eigenvalue weighted by molar-refractivity contribution is 8.14. The van der Waals surface area contributed by atoms with E-state index < -0.39 is 0 Å². The molecule has 0 aromatic heterocycles. The summed E-state index contributed by atoms with van der Waals surface area (Å²) in [5.41, 5.74) is 2.23. The minimum absolute atomic E-state index is 0. The van der Waals surface area contributed by atoms with Crippen LogP contribution in [0.2, 0.25) is 0 Å². The van der Waals surface area contributed by atoms with Crippen LogP contribution in [0.1, 0.15) is 76.7 Å². The SMILES string of the molecule is CC(=O)N(c1ccc(C)cc1)C1CSC(=NC2CCCCC2)N1C1CCCCC1.Cl. The molecular weight excluding hydrogens is 414 g/mol. The maximum atomic E-state index is 12.8. The number of aryl methyl sites for hydroxylation is 1. The molecule has 2 aliphatic carbocycles. The molecule has 30 heavy (non-hydrogen) atoms. The van der Waals surface area contributed by atoms with Crippen LogP contribution in [-0.2, 0) is 4.79 Å². The number of rotatable bonds is 4. The number of thioether (sulfide) groups is 1. The number of amides is 1. The van der Waals surface area contributed by atoms with Crippen LogP contribution in [0.25, 0.3) is 0 Å². The Morgan fingerprint density at radius 3 is 2.20 bits per heavy atom. The van der Waals surface area contributed by atoms with E-state index in [1.54, 1.807) is 6.92 Å². The summed E-state index contributed by atoms with van der Waals surface area (Å²) in [5, 5.41) is 1.20. The summed E-state index contributed by atoms with van der Waals surface area (Å²) in [6, 6.07) is 9.39. The third-order valence-electron chi connectivity index (χ3n) is 6.69. The van der Waals surface area contributed by atoms with E-state index in [2.05, 4.69) is 36.1 Å². The molecule has 0 N–H and O–H groups in total. The summed E-state index contributed by atoms with van der Waals surface area (Å²) in [4.78, 5) is 22.6. The zero-order valence-electron chi connectivity index (χ0n) is 18.4. The minimum Gasteiger partial charge on any atom is -0.327 e. The maximum Gasteiger partial charge on any atom is 0.225 e. The third-order valence-corrected chi connectivity index (χ3v) is 7.73. The molecular formula is C24H36ClN3OS. The molecule has 4 nitrogen and oxygen atoms in total. The van der Waals surface area contributed by atoms with Crippen molar-refractivity contribution in [3.63, 3.8) is 0 Å². The number of carbonyl (C=O) groups excluding carboxylic acids is 1. The Balaban J connectivity index is 0.00000256. The van der Waals surface area contributed by atoms with E-state index in [9.17, 15) is 4.79 Å². The first-order valence-corrected chi connectivity index (χ1v) is 12.5. The predicted molar refractivity (Wildman–Crippen MR) is 131 cm³/mol. The number of hydrogen-bond acceptors (Lipinski definition) is 3. The Labute approximate surface area is 192 Å². The Morgan fingerprint density at radius 1 is 1.00 bits per heavy atom. The van der Waals surface area contributed by atoms with Gasteiger partial charge < -0.3 is 4.90 Å². The maximum absolute atomic E-state index is 12.8. The summed E-state index contributed by atoms with van der Waals surface area (Å²) in [7, 11) is 0. The number of nitrogens with zero attached hydrogens (tertiary/aromatic N) is 3. The Morgan fingerprint density at radius 2 is 1.60 bits per heavy atom. The molecule has 4 rings (SSSR count). The van der Waals surface area contributed by atoms with Crippen LogP contribution in [0.5, 0.6) is 0 Å². The third kappa shape index (κ3) is 5.34. The fourth-order valence-electron chi connectivity index (χ4n) is 5.13. The van der Waals surface area contributed by atoms with Crippen LogP contribution >= 0.6 is 24.2 Å². The minimum atomic E-state index is 0. The van der Waals surface area contributed by atoms with Gasteiger partial charge in [0.2, 0.25) is 5.91 Å². The number of aliphatic imine (C=N–C) groups is 1. The quantitative estimate of drug-likeness (QED) is 0.551.